The minimum atomic E-state index is -1.21. The fourth-order valence-corrected chi connectivity index (χ4v) is 3.99. The number of carboxylic acids is 1. The number of hydrogen-bond acceptors (Lipinski definition) is 7. The van der Waals surface area contributed by atoms with Gasteiger partial charge in [-0.15, -0.1) is 0 Å². The normalized spacial score (nSPS) is 18.7. The van der Waals surface area contributed by atoms with Crippen LogP contribution >= 0.6 is 0 Å². The second-order valence-corrected chi connectivity index (χ2v) is 7.92. The molecule has 2 heterocycles. The maximum Gasteiger partial charge on any atom is 0.407 e. The molecule has 0 radical (unpaired) electrons. The fourth-order valence-electron chi connectivity index (χ4n) is 3.99. The van der Waals surface area contributed by atoms with Gasteiger partial charge in [-0.1, -0.05) is 18.2 Å². The van der Waals surface area contributed by atoms with Crippen LogP contribution in [0.4, 0.5) is 4.79 Å². The number of rotatable bonds is 9. The Morgan fingerprint density at radius 1 is 1.12 bits per heavy atom. The summed E-state index contributed by atoms with van der Waals surface area (Å²) >= 11 is 0. The van der Waals surface area contributed by atoms with Gasteiger partial charge in [0.05, 0.1) is 6.61 Å². The average Bonchev–Trinajstić information content (AvgIpc) is 3.47. The van der Waals surface area contributed by atoms with Crippen LogP contribution in [0.1, 0.15) is 36.5 Å². The third kappa shape index (κ3) is 5.31. The summed E-state index contributed by atoms with van der Waals surface area (Å²) in [5.41, 5.74) is 1.10. The molecule has 1 amide bonds. The van der Waals surface area contributed by atoms with E-state index in [1.54, 1.807) is 24.3 Å². The van der Waals surface area contributed by atoms with E-state index in [0.717, 1.165) is 16.7 Å². The number of benzene rings is 2. The van der Waals surface area contributed by atoms with E-state index < -0.39 is 17.7 Å². The van der Waals surface area contributed by atoms with Gasteiger partial charge >= 0.3 is 12.1 Å². The molecule has 2 aromatic rings. The first-order valence-electron chi connectivity index (χ1n) is 10.9. The van der Waals surface area contributed by atoms with Gasteiger partial charge in [0, 0.05) is 25.1 Å². The highest BCUT2D eigenvalue weighted by molar-refractivity contribution is 5.78. The van der Waals surface area contributed by atoms with Gasteiger partial charge in [-0.25, -0.2) is 9.59 Å². The molecule has 2 aliphatic rings. The summed E-state index contributed by atoms with van der Waals surface area (Å²) in [7, 11) is 0. The molecule has 4 rings (SSSR count). The number of alkyl carbamates (subject to hydrolysis) is 1. The maximum absolute atomic E-state index is 12.3. The van der Waals surface area contributed by atoms with Crippen LogP contribution < -0.4 is 19.5 Å². The van der Waals surface area contributed by atoms with E-state index >= 15 is 0 Å². The van der Waals surface area contributed by atoms with Gasteiger partial charge in [0.15, 0.2) is 17.1 Å². The minimum Gasteiger partial charge on any atom is -0.494 e. The number of nitrogens with one attached hydrogen (secondary N) is 1. The van der Waals surface area contributed by atoms with Crippen LogP contribution in [0.5, 0.6) is 17.2 Å². The Hall–Kier alpha value is -3.46. The SMILES string of the molecule is CCOc1ccc(CC2(C(=O)O)CCCO2)cc1CNC(=O)OCc1ccc2c(c1)OCO2. The van der Waals surface area contributed by atoms with Crippen LogP contribution in [0, 0.1) is 0 Å². The largest absolute Gasteiger partial charge is 0.494 e. The highest BCUT2D eigenvalue weighted by atomic mass is 16.7. The first-order chi connectivity index (χ1) is 16.0. The Bertz CT molecular complexity index is 1020. The molecule has 176 valence electrons. The number of fused-ring (bicyclic) bond motifs is 1. The molecule has 0 aliphatic carbocycles. The number of aliphatic carboxylic acids is 1. The quantitative estimate of drug-likeness (QED) is 0.589. The zero-order valence-electron chi connectivity index (χ0n) is 18.4. The topological polar surface area (TPSA) is 113 Å². The Kier molecular flexibility index (Phi) is 6.88. The Morgan fingerprint density at radius 3 is 2.70 bits per heavy atom. The van der Waals surface area contributed by atoms with Crippen molar-refractivity contribution in [2.75, 3.05) is 20.0 Å². The molecule has 2 aliphatic heterocycles. The lowest BCUT2D eigenvalue weighted by Crippen LogP contribution is -2.40. The molecular formula is C24H27NO8. The van der Waals surface area contributed by atoms with E-state index in [4.69, 9.17) is 23.7 Å². The third-order valence-corrected chi connectivity index (χ3v) is 5.64. The Labute approximate surface area is 191 Å². The zero-order valence-corrected chi connectivity index (χ0v) is 18.4. The molecule has 0 spiro atoms. The monoisotopic (exact) mass is 457 g/mol. The van der Waals surface area contributed by atoms with Gasteiger partial charge in [-0.2, -0.15) is 0 Å². The number of carbonyl (C=O) groups excluding carboxylic acids is 1. The summed E-state index contributed by atoms with van der Waals surface area (Å²) in [6, 6.07) is 10.8. The van der Waals surface area contributed by atoms with Gasteiger partial charge in [-0.05, 0) is 49.1 Å². The number of carboxylic acid groups (broad SMARTS) is 1. The van der Waals surface area contributed by atoms with E-state index in [9.17, 15) is 14.7 Å². The molecule has 2 N–H and O–H groups in total. The van der Waals surface area contributed by atoms with E-state index in [-0.39, 0.29) is 26.4 Å². The van der Waals surface area contributed by atoms with Gasteiger partial charge in [0.2, 0.25) is 6.79 Å². The third-order valence-electron chi connectivity index (χ3n) is 5.64. The molecular weight excluding hydrogens is 430 g/mol. The molecule has 1 atom stereocenters. The maximum atomic E-state index is 12.3. The van der Waals surface area contributed by atoms with Crippen molar-refractivity contribution in [1.82, 2.24) is 5.32 Å². The number of hydrogen-bond donors (Lipinski definition) is 2. The van der Waals surface area contributed by atoms with Crippen molar-refractivity contribution < 1.29 is 38.4 Å². The van der Waals surface area contributed by atoms with Gasteiger partial charge < -0.3 is 34.1 Å². The molecule has 0 bridgehead atoms. The molecule has 2 aromatic carbocycles. The molecule has 9 heteroatoms. The predicted octanol–water partition coefficient (Wildman–Crippen LogP) is 3.42. The van der Waals surface area contributed by atoms with Crippen LogP contribution in [0.3, 0.4) is 0 Å². The van der Waals surface area contributed by atoms with Crippen molar-refractivity contribution in [1.29, 1.82) is 0 Å². The van der Waals surface area contributed by atoms with Crippen molar-refractivity contribution in [2.45, 2.75) is 44.9 Å². The molecule has 33 heavy (non-hydrogen) atoms. The second-order valence-electron chi connectivity index (χ2n) is 7.92. The summed E-state index contributed by atoms with van der Waals surface area (Å²) in [6.45, 7) is 3.21. The summed E-state index contributed by atoms with van der Waals surface area (Å²) < 4.78 is 27.2. The van der Waals surface area contributed by atoms with Crippen molar-refractivity contribution in [2.24, 2.45) is 0 Å². The summed E-state index contributed by atoms with van der Waals surface area (Å²) in [5, 5.41) is 12.4. The van der Waals surface area contributed by atoms with Crippen LogP contribution in [0.15, 0.2) is 36.4 Å². The molecule has 9 nitrogen and oxygen atoms in total. The lowest BCUT2D eigenvalue weighted by Gasteiger charge is -2.24. The van der Waals surface area contributed by atoms with E-state index in [0.29, 0.717) is 43.3 Å². The Morgan fingerprint density at radius 2 is 1.94 bits per heavy atom. The molecule has 0 aromatic heterocycles. The van der Waals surface area contributed by atoms with Crippen LogP contribution in [-0.4, -0.2) is 42.8 Å². The lowest BCUT2D eigenvalue weighted by molar-refractivity contribution is -0.159. The van der Waals surface area contributed by atoms with Crippen molar-refractivity contribution in [3.63, 3.8) is 0 Å². The average molecular weight is 457 g/mol. The second kappa shape index (κ2) is 9.99. The molecule has 1 unspecified atom stereocenters. The first kappa shape index (κ1) is 22.7. The summed E-state index contributed by atoms with van der Waals surface area (Å²) in [6.07, 6.45) is 0.847. The molecule has 1 saturated heterocycles. The van der Waals surface area contributed by atoms with E-state index in [1.165, 1.54) is 0 Å². The summed E-state index contributed by atoms with van der Waals surface area (Å²) in [5.74, 6) is 0.953. The standard InChI is InChI=1S/C24H27NO8/c1-2-29-19-6-4-16(12-24(22(26)27)8-3-9-33-24)10-18(19)13-25-23(28)30-14-17-5-7-20-21(11-17)32-15-31-20/h4-7,10-11H,2-3,8-9,12-15H2,1H3,(H,25,28)(H,26,27). The van der Waals surface area contributed by atoms with Gasteiger partial charge in [0.25, 0.3) is 0 Å². The molecule has 1 fully saturated rings. The highest BCUT2D eigenvalue weighted by Gasteiger charge is 2.43. The summed E-state index contributed by atoms with van der Waals surface area (Å²) in [4.78, 5) is 24.1. The highest BCUT2D eigenvalue weighted by Crippen LogP contribution is 2.33. The fraction of sp³-hybridized carbons (Fsp3) is 0.417. The number of amides is 1. The zero-order chi connectivity index (χ0) is 23.3. The first-order valence-corrected chi connectivity index (χ1v) is 10.9. The van der Waals surface area contributed by atoms with Crippen LogP contribution in [0.25, 0.3) is 0 Å². The number of carbonyl (C=O) groups is 2. The number of ether oxygens (including phenoxy) is 5. The van der Waals surface area contributed by atoms with Crippen molar-refractivity contribution >= 4 is 12.1 Å². The van der Waals surface area contributed by atoms with Crippen LogP contribution in [0.2, 0.25) is 0 Å². The lowest BCUT2D eigenvalue weighted by atomic mass is 9.91. The van der Waals surface area contributed by atoms with Crippen LogP contribution in [-0.2, 0) is 33.8 Å². The predicted molar refractivity (Wildman–Crippen MR) is 116 cm³/mol. The smallest absolute Gasteiger partial charge is 0.407 e. The van der Waals surface area contributed by atoms with Gasteiger partial charge in [0.1, 0.15) is 12.4 Å². The minimum absolute atomic E-state index is 0.0826. The van der Waals surface area contributed by atoms with Gasteiger partial charge in [-0.3, -0.25) is 0 Å². The van der Waals surface area contributed by atoms with E-state index in [1.807, 2.05) is 19.1 Å². The Balaban J connectivity index is 1.38. The van der Waals surface area contributed by atoms with E-state index in [2.05, 4.69) is 5.32 Å². The van der Waals surface area contributed by atoms with Crippen molar-refractivity contribution in [3.05, 3.63) is 53.1 Å². The van der Waals surface area contributed by atoms with Crippen molar-refractivity contribution in [3.8, 4) is 17.2 Å². The molecule has 0 saturated carbocycles.